The third-order valence-corrected chi connectivity index (χ3v) is 5.58. The van der Waals surface area contributed by atoms with E-state index < -0.39 is 0 Å². The molecule has 1 aromatic rings. The number of hydrogen-bond acceptors (Lipinski definition) is 2. The van der Waals surface area contributed by atoms with Crippen LogP contribution < -0.4 is 0 Å². The molecule has 3 unspecified atom stereocenters. The number of rotatable bonds is 1. The first-order valence-electron chi connectivity index (χ1n) is 6.85. The highest BCUT2D eigenvalue weighted by molar-refractivity contribution is 9.10. The number of carbonyl (C=O) groups is 1. The highest BCUT2D eigenvalue weighted by Gasteiger charge is 2.52. The molecule has 19 heavy (non-hydrogen) atoms. The highest BCUT2D eigenvalue weighted by atomic mass is 79.9. The van der Waals surface area contributed by atoms with Crippen molar-refractivity contribution in [3.8, 4) is 0 Å². The number of halogens is 1. The van der Waals surface area contributed by atoms with Gasteiger partial charge >= 0.3 is 0 Å². The van der Waals surface area contributed by atoms with Crippen molar-refractivity contribution in [2.45, 2.75) is 46.5 Å². The highest BCUT2D eigenvalue weighted by Crippen LogP contribution is 2.51. The van der Waals surface area contributed by atoms with Crippen molar-refractivity contribution in [3.05, 3.63) is 28.5 Å². The van der Waals surface area contributed by atoms with E-state index in [4.69, 9.17) is 0 Å². The second kappa shape index (κ2) is 4.69. The Hall–Kier alpha value is -0.700. The summed E-state index contributed by atoms with van der Waals surface area (Å²) in [6.45, 7) is 10.6. The molecule has 1 aliphatic carbocycles. The number of hydrogen-bond donors (Lipinski definition) is 0. The van der Waals surface area contributed by atoms with Crippen molar-refractivity contribution in [2.75, 3.05) is 0 Å². The van der Waals surface area contributed by atoms with Crippen molar-refractivity contribution in [3.63, 3.8) is 0 Å². The largest absolute Gasteiger partial charge is 0.299 e. The maximum absolute atomic E-state index is 12.4. The van der Waals surface area contributed by atoms with Gasteiger partial charge in [0.25, 0.3) is 0 Å². The first-order valence-corrected chi connectivity index (χ1v) is 7.65. The van der Waals surface area contributed by atoms with Crippen LogP contribution in [0.1, 0.15) is 46.7 Å². The van der Waals surface area contributed by atoms with Crippen LogP contribution in [0.25, 0.3) is 0 Å². The van der Waals surface area contributed by atoms with E-state index in [-0.39, 0.29) is 16.7 Å². The summed E-state index contributed by atoms with van der Waals surface area (Å²) in [5.74, 6) is 0.742. The van der Waals surface area contributed by atoms with Gasteiger partial charge in [0.2, 0.25) is 0 Å². The predicted molar refractivity (Wildman–Crippen MR) is 81.0 cm³/mol. The fourth-order valence-electron chi connectivity index (χ4n) is 3.67. The summed E-state index contributed by atoms with van der Waals surface area (Å²) >= 11 is 3.62. The lowest BCUT2D eigenvalue weighted by Gasteiger charge is -2.49. The van der Waals surface area contributed by atoms with Gasteiger partial charge in [0.15, 0.2) is 0 Å². The van der Waals surface area contributed by atoms with E-state index in [1.807, 2.05) is 18.3 Å². The average Bonchev–Trinajstić information content (AvgIpc) is 2.34. The van der Waals surface area contributed by atoms with Crippen LogP contribution in [0.5, 0.6) is 0 Å². The van der Waals surface area contributed by atoms with E-state index in [1.165, 1.54) is 0 Å². The third kappa shape index (κ3) is 2.26. The molecule has 3 heteroatoms. The summed E-state index contributed by atoms with van der Waals surface area (Å²) in [7, 11) is 0. The molecule has 0 N–H and O–H groups in total. The molecule has 0 saturated heterocycles. The standard InChI is InChI=1S/C16H22BrNO/c1-10-11(2)16(5,9-15(3,4)14(10)19)13-12(17)7-6-8-18-13/h6-8,10-11H,9H2,1-5H3. The van der Waals surface area contributed by atoms with Crippen molar-refractivity contribution in [2.24, 2.45) is 17.3 Å². The monoisotopic (exact) mass is 323 g/mol. The topological polar surface area (TPSA) is 30.0 Å². The van der Waals surface area contributed by atoms with Gasteiger partial charge in [0, 0.05) is 27.4 Å². The molecule has 3 atom stereocenters. The normalized spacial score (nSPS) is 34.3. The SMILES string of the molecule is CC1C(=O)C(C)(C)CC(C)(c2ncccc2Br)C1C. The minimum absolute atomic E-state index is 0.0719. The molecule has 0 amide bonds. The van der Waals surface area contributed by atoms with E-state index in [1.54, 1.807) is 0 Å². The molecule has 0 bridgehead atoms. The van der Waals surface area contributed by atoms with Gasteiger partial charge in [-0.1, -0.05) is 34.6 Å². The van der Waals surface area contributed by atoms with Crippen LogP contribution in [-0.2, 0) is 10.2 Å². The van der Waals surface area contributed by atoms with Crippen LogP contribution in [-0.4, -0.2) is 10.8 Å². The van der Waals surface area contributed by atoms with Crippen LogP contribution in [0.4, 0.5) is 0 Å². The third-order valence-electron chi connectivity index (χ3n) is 4.94. The van der Waals surface area contributed by atoms with Gasteiger partial charge in [-0.3, -0.25) is 9.78 Å². The van der Waals surface area contributed by atoms with Gasteiger partial charge < -0.3 is 0 Å². The molecule has 1 saturated carbocycles. The van der Waals surface area contributed by atoms with Crippen molar-refractivity contribution < 1.29 is 4.79 Å². The number of ketones is 1. The van der Waals surface area contributed by atoms with Gasteiger partial charge in [0.1, 0.15) is 5.78 Å². The van der Waals surface area contributed by atoms with E-state index in [0.29, 0.717) is 11.7 Å². The van der Waals surface area contributed by atoms with Crippen LogP contribution in [0.15, 0.2) is 22.8 Å². The van der Waals surface area contributed by atoms with E-state index in [2.05, 4.69) is 55.5 Å². The quantitative estimate of drug-likeness (QED) is 0.768. The lowest BCUT2D eigenvalue weighted by atomic mass is 9.54. The molecule has 1 aromatic heterocycles. The molecule has 0 radical (unpaired) electrons. The lowest BCUT2D eigenvalue weighted by molar-refractivity contribution is -0.139. The number of carbonyl (C=O) groups excluding carboxylic acids is 1. The van der Waals surface area contributed by atoms with Gasteiger partial charge in [-0.25, -0.2) is 0 Å². The lowest BCUT2D eigenvalue weighted by Crippen LogP contribution is -2.51. The molecular formula is C16H22BrNO. The zero-order valence-electron chi connectivity index (χ0n) is 12.3. The Morgan fingerprint density at radius 1 is 1.32 bits per heavy atom. The molecule has 2 nitrogen and oxygen atoms in total. The Labute approximate surface area is 124 Å². The number of pyridine rings is 1. The molecule has 104 valence electrons. The Balaban J connectivity index is 2.54. The summed E-state index contributed by atoms with van der Waals surface area (Å²) in [5, 5.41) is 0. The van der Waals surface area contributed by atoms with Crippen molar-refractivity contribution in [1.29, 1.82) is 0 Å². The first-order chi connectivity index (χ1) is 8.70. The summed E-state index contributed by atoms with van der Waals surface area (Å²) in [6, 6.07) is 3.97. The maximum atomic E-state index is 12.4. The molecule has 2 rings (SSSR count). The van der Waals surface area contributed by atoms with Crippen molar-refractivity contribution in [1.82, 2.24) is 4.98 Å². The molecule has 1 fully saturated rings. The van der Waals surface area contributed by atoms with E-state index in [0.717, 1.165) is 16.6 Å². The summed E-state index contributed by atoms with van der Waals surface area (Å²) in [4.78, 5) is 17.0. The first kappa shape index (κ1) is 14.7. The minimum Gasteiger partial charge on any atom is -0.299 e. The molecule has 1 aliphatic rings. The molecule has 0 spiro atoms. The predicted octanol–water partition coefficient (Wildman–Crippen LogP) is 4.37. The van der Waals surface area contributed by atoms with Gasteiger partial charge in [-0.2, -0.15) is 0 Å². The Kier molecular flexibility index (Phi) is 3.63. The molecular weight excluding hydrogens is 302 g/mol. The van der Waals surface area contributed by atoms with Gasteiger partial charge in [-0.15, -0.1) is 0 Å². The Bertz CT molecular complexity index is 511. The van der Waals surface area contributed by atoms with Crippen LogP contribution in [0.2, 0.25) is 0 Å². The number of Topliss-reactive ketones (excluding diaryl/α,β-unsaturated/α-hetero) is 1. The summed E-state index contributed by atoms with van der Waals surface area (Å²) in [5.41, 5.74) is 0.726. The Morgan fingerprint density at radius 2 is 1.95 bits per heavy atom. The maximum Gasteiger partial charge on any atom is 0.141 e. The average molecular weight is 324 g/mol. The van der Waals surface area contributed by atoms with Gasteiger partial charge in [-0.05, 0) is 40.4 Å². The van der Waals surface area contributed by atoms with E-state index >= 15 is 0 Å². The number of nitrogens with zero attached hydrogens (tertiary/aromatic N) is 1. The van der Waals surface area contributed by atoms with Crippen LogP contribution in [0.3, 0.4) is 0 Å². The zero-order valence-corrected chi connectivity index (χ0v) is 13.9. The van der Waals surface area contributed by atoms with Crippen LogP contribution in [0, 0.1) is 17.3 Å². The van der Waals surface area contributed by atoms with E-state index in [9.17, 15) is 4.79 Å². The second-order valence-electron chi connectivity index (χ2n) is 6.75. The number of aromatic nitrogens is 1. The zero-order chi connectivity index (χ0) is 14.4. The molecule has 1 heterocycles. The fraction of sp³-hybridized carbons (Fsp3) is 0.625. The smallest absolute Gasteiger partial charge is 0.141 e. The molecule has 0 aromatic carbocycles. The summed E-state index contributed by atoms with van der Waals surface area (Å²) in [6.07, 6.45) is 2.69. The fourth-order valence-corrected chi connectivity index (χ4v) is 4.37. The Morgan fingerprint density at radius 3 is 2.53 bits per heavy atom. The summed E-state index contributed by atoms with van der Waals surface area (Å²) < 4.78 is 1.04. The van der Waals surface area contributed by atoms with Crippen LogP contribution >= 0.6 is 15.9 Å². The minimum atomic E-state index is -0.280. The second-order valence-corrected chi connectivity index (χ2v) is 7.61. The van der Waals surface area contributed by atoms with Crippen molar-refractivity contribution >= 4 is 21.7 Å². The van der Waals surface area contributed by atoms with Gasteiger partial charge in [0.05, 0.1) is 5.69 Å². The molecule has 0 aliphatic heterocycles.